The summed E-state index contributed by atoms with van der Waals surface area (Å²) in [4.78, 5) is 14.2. The number of hydrogen-bond acceptors (Lipinski definition) is 3. The van der Waals surface area contributed by atoms with Gasteiger partial charge < -0.3 is 15.4 Å². The first-order chi connectivity index (χ1) is 11.1. The van der Waals surface area contributed by atoms with Crippen LogP contribution in [0.1, 0.15) is 19.3 Å². The molecule has 23 heavy (non-hydrogen) atoms. The van der Waals surface area contributed by atoms with Gasteiger partial charge >= 0.3 is 0 Å². The number of para-hydroxylation sites is 1. The summed E-state index contributed by atoms with van der Waals surface area (Å²) in [6.07, 6.45) is 2.62. The Morgan fingerprint density at radius 1 is 1.04 bits per heavy atom. The number of nitrogens with zero attached hydrogens (tertiary/aromatic N) is 1. The first-order valence-electron chi connectivity index (χ1n) is 7.99. The zero-order valence-corrected chi connectivity index (χ0v) is 13.3. The van der Waals surface area contributed by atoms with E-state index in [1.807, 2.05) is 61.6 Å². The van der Waals surface area contributed by atoms with Gasteiger partial charge in [-0.15, -0.1) is 0 Å². The Kier molecular flexibility index (Phi) is 4.63. The Balaban J connectivity index is 1.65. The standard InChI is InChI=1S/C19H22N2O2/c1-21(19(22)14-7-8-15(20)13-14)16-9-11-18(12-10-16)23-17-5-3-2-4-6-17/h2-6,9-12,14-15H,7-8,13,20H2,1H3. The Labute approximate surface area is 136 Å². The van der Waals surface area contributed by atoms with Gasteiger partial charge in [-0.05, 0) is 55.7 Å². The molecule has 2 aromatic rings. The Morgan fingerprint density at radius 2 is 1.70 bits per heavy atom. The summed E-state index contributed by atoms with van der Waals surface area (Å²) in [7, 11) is 1.82. The van der Waals surface area contributed by atoms with E-state index in [1.54, 1.807) is 4.90 Å². The predicted molar refractivity (Wildman–Crippen MR) is 91.7 cm³/mol. The third-order valence-electron chi connectivity index (χ3n) is 4.36. The number of benzene rings is 2. The van der Waals surface area contributed by atoms with Crippen molar-refractivity contribution < 1.29 is 9.53 Å². The average Bonchev–Trinajstić information content (AvgIpc) is 3.02. The van der Waals surface area contributed by atoms with Crippen LogP contribution in [0.3, 0.4) is 0 Å². The maximum atomic E-state index is 12.5. The minimum Gasteiger partial charge on any atom is -0.457 e. The van der Waals surface area contributed by atoms with Crippen molar-refractivity contribution in [1.82, 2.24) is 0 Å². The second-order valence-electron chi connectivity index (χ2n) is 6.08. The summed E-state index contributed by atoms with van der Waals surface area (Å²) in [5.74, 6) is 1.75. The van der Waals surface area contributed by atoms with E-state index in [0.29, 0.717) is 0 Å². The number of rotatable bonds is 4. The molecule has 2 atom stereocenters. The van der Waals surface area contributed by atoms with Crippen molar-refractivity contribution in [2.75, 3.05) is 11.9 Å². The lowest BCUT2D eigenvalue weighted by Crippen LogP contribution is -2.32. The van der Waals surface area contributed by atoms with E-state index < -0.39 is 0 Å². The molecule has 2 unspecified atom stereocenters. The van der Waals surface area contributed by atoms with Crippen LogP contribution in [-0.4, -0.2) is 19.0 Å². The Hall–Kier alpha value is -2.33. The largest absolute Gasteiger partial charge is 0.457 e. The number of ether oxygens (including phenoxy) is 1. The summed E-state index contributed by atoms with van der Waals surface area (Å²) >= 11 is 0. The topological polar surface area (TPSA) is 55.6 Å². The van der Waals surface area contributed by atoms with Crippen LogP contribution in [0.5, 0.6) is 11.5 Å². The van der Waals surface area contributed by atoms with E-state index in [0.717, 1.165) is 36.4 Å². The minimum atomic E-state index is 0.0512. The maximum Gasteiger partial charge on any atom is 0.229 e. The molecule has 1 aliphatic carbocycles. The molecular weight excluding hydrogens is 288 g/mol. The molecule has 2 aromatic carbocycles. The monoisotopic (exact) mass is 310 g/mol. The molecule has 1 fully saturated rings. The third kappa shape index (κ3) is 3.71. The highest BCUT2D eigenvalue weighted by Gasteiger charge is 2.30. The first-order valence-corrected chi connectivity index (χ1v) is 7.99. The van der Waals surface area contributed by atoms with Crippen molar-refractivity contribution in [2.24, 2.45) is 11.7 Å². The number of carbonyl (C=O) groups is 1. The van der Waals surface area contributed by atoms with Crippen molar-refractivity contribution in [3.63, 3.8) is 0 Å². The van der Waals surface area contributed by atoms with E-state index in [4.69, 9.17) is 10.5 Å². The van der Waals surface area contributed by atoms with Crippen LogP contribution in [0.15, 0.2) is 54.6 Å². The average molecular weight is 310 g/mol. The van der Waals surface area contributed by atoms with Gasteiger partial charge in [-0.3, -0.25) is 4.79 Å². The number of carbonyl (C=O) groups excluding carboxylic acids is 1. The highest BCUT2D eigenvalue weighted by molar-refractivity contribution is 5.94. The highest BCUT2D eigenvalue weighted by atomic mass is 16.5. The molecule has 0 spiro atoms. The van der Waals surface area contributed by atoms with E-state index in [2.05, 4.69) is 0 Å². The van der Waals surface area contributed by atoms with Gasteiger partial charge in [-0.2, -0.15) is 0 Å². The van der Waals surface area contributed by atoms with Crippen LogP contribution in [0.25, 0.3) is 0 Å². The SMILES string of the molecule is CN(C(=O)C1CCC(N)C1)c1ccc(Oc2ccccc2)cc1. The second kappa shape index (κ2) is 6.84. The van der Waals surface area contributed by atoms with Gasteiger partial charge in [-0.1, -0.05) is 18.2 Å². The van der Waals surface area contributed by atoms with Crippen molar-refractivity contribution in [3.05, 3.63) is 54.6 Å². The Bertz CT molecular complexity index is 655. The van der Waals surface area contributed by atoms with Crippen molar-refractivity contribution >= 4 is 11.6 Å². The van der Waals surface area contributed by atoms with Gasteiger partial charge in [-0.25, -0.2) is 0 Å². The molecule has 2 N–H and O–H groups in total. The van der Waals surface area contributed by atoms with Crippen molar-refractivity contribution in [2.45, 2.75) is 25.3 Å². The fourth-order valence-electron chi connectivity index (χ4n) is 3.00. The van der Waals surface area contributed by atoms with E-state index in [1.165, 1.54) is 0 Å². The summed E-state index contributed by atoms with van der Waals surface area (Å²) in [5.41, 5.74) is 6.78. The lowest BCUT2D eigenvalue weighted by Gasteiger charge is -2.21. The van der Waals surface area contributed by atoms with Gasteiger partial charge in [0.05, 0.1) is 0 Å². The van der Waals surface area contributed by atoms with Crippen LogP contribution in [-0.2, 0) is 4.79 Å². The number of hydrogen-bond donors (Lipinski definition) is 1. The lowest BCUT2D eigenvalue weighted by molar-refractivity contribution is -0.121. The van der Waals surface area contributed by atoms with Gasteiger partial charge in [0, 0.05) is 24.7 Å². The summed E-state index contributed by atoms with van der Waals surface area (Å²) in [6, 6.07) is 17.4. The van der Waals surface area contributed by atoms with Gasteiger partial charge in [0.1, 0.15) is 11.5 Å². The zero-order chi connectivity index (χ0) is 16.2. The predicted octanol–water partition coefficient (Wildman–Crippen LogP) is 3.57. The summed E-state index contributed by atoms with van der Waals surface area (Å²) < 4.78 is 5.77. The number of nitrogens with two attached hydrogens (primary N) is 1. The zero-order valence-electron chi connectivity index (χ0n) is 13.3. The van der Waals surface area contributed by atoms with Crippen molar-refractivity contribution in [1.29, 1.82) is 0 Å². The van der Waals surface area contributed by atoms with Crippen molar-refractivity contribution in [3.8, 4) is 11.5 Å². The first kappa shape index (κ1) is 15.6. The van der Waals surface area contributed by atoms with Crippen LogP contribution in [0.4, 0.5) is 5.69 Å². The minimum absolute atomic E-state index is 0.0512. The molecule has 0 heterocycles. The fraction of sp³-hybridized carbons (Fsp3) is 0.316. The van der Waals surface area contributed by atoms with Crippen LogP contribution >= 0.6 is 0 Å². The molecule has 1 amide bonds. The Morgan fingerprint density at radius 3 is 2.30 bits per heavy atom. The molecule has 0 radical (unpaired) electrons. The van der Waals surface area contributed by atoms with Gasteiger partial charge in [0.25, 0.3) is 0 Å². The third-order valence-corrected chi connectivity index (χ3v) is 4.36. The molecule has 1 aliphatic rings. The molecule has 120 valence electrons. The molecule has 0 bridgehead atoms. The maximum absolute atomic E-state index is 12.5. The van der Waals surface area contributed by atoms with Gasteiger partial charge in [0.2, 0.25) is 5.91 Å². The molecule has 0 saturated heterocycles. The quantitative estimate of drug-likeness (QED) is 0.939. The van der Waals surface area contributed by atoms with E-state index in [9.17, 15) is 4.79 Å². The fourth-order valence-corrected chi connectivity index (χ4v) is 3.00. The van der Waals surface area contributed by atoms with Crippen LogP contribution in [0.2, 0.25) is 0 Å². The molecular formula is C19H22N2O2. The number of anilines is 1. The molecule has 1 saturated carbocycles. The van der Waals surface area contributed by atoms with E-state index in [-0.39, 0.29) is 17.9 Å². The molecule has 3 rings (SSSR count). The van der Waals surface area contributed by atoms with Crippen LogP contribution < -0.4 is 15.4 Å². The molecule has 4 nitrogen and oxygen atoms in total. The summed E-state index contributed by atoms with van der Waals surface area (Å²) in [5, 5.41) is 0. The van der Waals surface area contributed by atoms with Crippen LogP contribution in [0, 0.1) is 5.92 Å². The second-order valence-corrected chi connectivity index (χ2v) is 6.08. The smallest absolute Gasteiger partial charge is 0.229 e. The normalized spacial score (nSPS) is 20.3. The molecule has 4 heteroatoms. The van der Waals surface area contributed by atoms with Gasteiger partial charge in [0.15, 0.2) is 0 Å². The molecule has 0 aromatic heterocycles. The number of amides is 1. The lowest BCUT2D eigenvalue weighted by atomic mass is 10.1. The molecule has 0 aliphatic heterocycles. The van der Waals surface area contributed by atoms with E-state index >= 15 is 0 Å². The summed E-state index contributed by atoms with van der Waals surface area (Å²) in [6.45, 7) is 0. The highest BCUT2D eigenvalue weighted by Crippen LogP contribution is 2.29.